The maximum absolute atomic E-state index is 13.4. The molecule has 7 nitrogen and oxygen atoms in total. The summed E-state index contributed by atoms with van der Waals surface area (Å²) in [5.74, 6) is -0.644. The third-order valence-electron chi connectivity index (χ3n) is 5.65. The smallest absolute Gasteiger partial charge is 0.244 e. The average molecular weight is 495 g/mol. The fraction of sp³-hybridized carbons (Fsp3) is 0.154. The summed E-state index contributed by atoms with van der Waals surface area (Å²) >= 11 is 0. The lowest BCUT2D eigenvalue weighted by atomic mass is 10.1. The van der Waals surface area contributed by atoms with Crippen LogP contribution in [0.1, 0.15) is 11.1 Å². The Labute approximate surface area is 201 Å². The fourth-order valence-corrected chi connectivity index (χ4v) is 5.12. The molecule has 4 rings (SSSR count). The van der Waals surface area contributed by atoms with Gasteiger partial charge in [0.25, 0.3) is 0 Å². The summed E-state index contributed by atoms with van der Waals surface area (Å²) < 4.78 is 46.6. The van der Waals surface area contributed by atoms with Crippen LogP contribution in [0.3, 0.4) is 0 Å². The molecule has 3 aromatic carbocycles. The van der Waals surface area contributed by atoms with Crippen molar-refractivity contribution in [3.8, 4) is 5.75 Å². The predicted octanol–water partition coefficient (Wildman–Crippen LogP) is 4.24. The molecule has 0 saturated carbocycles. The molecule has 9 heteroatoms. The summed E-state index contributed by atoms with van der Waals surface area (Å²) in [4.78, 5) is 25.5. The lowest BCUT2D eigenvalue weighted by Crippen LogP contribution is -2.24. The number of pyridine rings is 1. The maximum atomic E-state index is 13.4. The summed E-state index contributed by atoms with van der Waals surface area (Å²) in [6, 6.07) is 14.5. The number of carbonyl (C=O) groups excluding carboxylic acids is 1. The van der Waals surface area contributed by atoms with Gasteiger partial charge in [-0.1, -0.05) is 12.1 Å². The van der Waals surface area contributed by atoms with Gasteiger partial charge in [-0.2, -0.15) is 0 Å². The molecule has 0 aliphatic carbocycles. The number of sulfone groups is 1. The third-order valence-corrected chi connectivity index (χ3v) is 7.41. The van der Waals surface area contributed by atoms with Gasteiger partial charge in [0, 0.05) is 11.9 Å². The van der Waals surface area contributed by atoms with Crippen molar-refractivity contribution in [2.24, 2.45) is 0 Å². The van der Waals surface area contributed by atoms with Gasteiger partial charge < -0.3 is 14.6 Å². The molecular weight excluding hydrogens is 471 g/mol. The first-order valence-corrected chi connectivity index (χ1v) is 12.2. The van der Waals surface area contributed by atoms with Crippen molar-refractivity contribution < 1.29 is 22.3 Å². The number of ether oxygens (including phenoxy) is 1. The first-order chi connectivity index (χ1) is 16.6. The molecule has 0 fully saturated rings. The van der Waals surface area contributed by atoms with E-state index in [-0.39, 0.29) is 16.8 Å². The Morgan fingerprint density at radius 3 is 2.43 bits per heavy atom. The molecule has 0 saturated heterocycles. The van der Waals surface area contributed by atoms with E-state index in [1.165, 1.54) is 17.7 Å². The molecule has 1 heterocycles. The zero-order valence-electron chi connectivity index (χ0n) is 19.3. The van der Waals surface area contributed by atoms with Crippen molar-refractivity contribution in [3.05, 3.63) is 94.0 Å². The summed E-state index contributed by atoms with van der Waals surface area (Å²) in [5, 5.41) is 2.92. The van der Waals surface area contributed by atoms with Gasteiger partial charge in [0.05, 0.1) is 22.9 Å². The topological polar surface area (TPSA) is 94.5 Å². The van der Waals surface area contributed by atoms with Crippen LogP contribution in [0.15, 0.2) is 81.4 Å². The van der Waals surface area contributed by atoms with Crippen LogP contribution in [0.5, 0.6) is 5.75 Å². The quantitative estimate of drug-likeness (QED) is 0.405. The molecule has 0 atom stereocenters. The van der Waals surface area contributed by atoms with Crippen LogP contribution in [-0.2, 0) is 21.2 Å². The number of hydrogen-bond donors (Lipinski definition) is 1. The zero-order valence-corrected chi connectivity index (χ0v) is 20.1. The number of methoxy groups -OCH3 is 1. The summed E-state index contributed by atoms with van der Waals surface area (Å²) in [7, 11) is -2.87. The monoisotopic (exact) mass is 494 g/mol. The molecule has 1 N–H and O–H groups in total. The number of nitrogens with zero attached hydrogens (tertiary/aromatic N) is 1. The number of aryl methyl sites for hydroxylation is 2. The molecule has 0 unspecified atom stereocenters. The Balaban J connectivity index is 1.84. The van der Waals surface area contributed by atoms with Crippen LogP contribution in [0.4, 0.5) is 10.1 Å². The maximum Gasteiger partial charge on any atom is 0.244 e. The highest BCUT2D eigenvalue weighted by Crippen LogP contribution is 2.24. The minimum atomic E-state index is -4.30. The number of benzene rings is 3. The molecule has 1 aromatic heterocycles. The van der Waals surface area contributed by atoms with Gasteiger partial charge in [-0.05, 0) is 73.5 Å². The number of carbonyl (C=O) groups is 1. The zero-order chi connectivity index (χ0) is 25.3. The SMILES string of the molecule is COc1ccc2c(c1)c(=O)c(S(=O)(=O)c1ccc(F)cc1)cn2CC(=O)Nc1cc(C)ccc1C. The van der Waals surface area contributed by atoms with Crippen molar-refractivity contribution in [1.29, 1.82) is 0 Å². The highest BCUT2D eigenvalue weighted by atomic mass is 32.2. The van der Waals surface area contributed by atoms with Crippen molar-refractivity contribution in [2.75, 3.05) is 12.4 Å². The Morgan fingerprint density at radius 1 is 1.03 bits per heavy atom. The first kappa shape index (κ1) is 24.2. The van der Waals surface area contributed by atoms with Gasteiger partial charge >= 0.3 is 0 Å². The van der Waals surface area contributed by atoms with E-state index >= 15 is 0 Å². The van der Waals surface area contributed by atoms with E-state index in [1.54, 1.807) is 12.1 Å². The van der Waals surface area contributed by atoms with Gasteiger partial charge in [-0.15, -0.1) is 0 Å². The normalized spacial score (nSPS) is 11.4. The molecule has 0 aliphatic rings. The Hall–Kier alpha value is -3.98. The number of nitrogens with one attached hydrogen (secondary N) is 1. The van der Waals surface area contributed by atoms with E-state index in [1.807, 2.05) is 32.0 Å². The summed E-state index contributed by atoms with van der Waals surface area (Å²) in [6.07, 6.45) is 1.15. The van der Waals surface area contributed by atoms with E-state index in [9.17, 15) is 22.4 Å². The van der Waals surface area contributed by atoms with Crippen molar-refractivity contribution in [3.63, 3.8) is 0 Å². The van der Waals surface area contributed by atoms with Crippen LogP contribution in [0.2, 0.25) is 0 Å². The molecule has 0 bridgehead atoms. The van der Waals surface area contributed by atoms with Crippen LogP contribution in [-0.4, -0.2) is 26.0 Å². The van der Waals surface area contributed by atoms with Crippen LogP contribution in [0, 0.1) is 19.7 Å². The van der Waals surface area contributed by atoms with Crippen molar-refractivity contribution in [1.82, 2.24) is 4.57 Å². The Morgan fingerprint density at radius 2 is 1.74 bits per heavy atom. The second-order valence-electron chi connectivity index (χ2n) is 8.16. The standard InChI is InChI=1S/C26H23FN2O5S/c1-16-4-5-17(2)22(12-16)28-25(30)15-29-14-24(35(32,33)20-9-6-18(27)7-10-20)26(31)21-13-19(34-3)8-11-23(21)29/h4-14H,15H2,1-3H3,(H,28,30). The second-order valence-corrected chi connectivity index (χ2v) is 10.1. The Bertz CT molecular complexity index is 1610. The molecule has 0 aliphatic heterocycles. The van der Waals surface area contributed by atoms with Gasteiger partial charge in [0.1, 0.15) is 23.0 Å². The molecule has 0 spiro atoms. The van der Waals surface area contributed by atoms with E-state index in [0.717, 1.165) is 41.6 Å². The van der Waals surface area contributed by atoms with Crippen molar-refractivity contribution >= 4 is 32.3 Å². The molecule has 0 radical (unpaired) electrons. The van der Waals surface area contributed by atoms with Gasteiger partial charge in [-0.3, -0.25) is 9.59 Å². The Kier molecular flexibility index (Phi) is 6.45. The highest BCUT2D eigenvalue weighted by molar-refractivity contribution is 7.91. The summed E-state index contributed by atoms with van der Waals surface area (Å²) in [6.45, 7) is 3.52. The molecular formula is C26H23FN2O5S. The number of anilines is 1. The molecule has 35 heavy (non-hydrogen) atoms. The molecule has 1 amide bonds. The van der Waals surface area contributed by atoms with Crippen LogP contribution < -0.4 is 15.5 Å². The van der Waals surface area contributed by atoms with Crippen LogP contribution >= 0.6 is 0 Å². The van der Waals surface area contributed by atoms with Gasteiger partial charge in [0.2, 0.25) is 21.2 Å². The van der Waals surface area contributed by atoms with E-state index in [0.29, 0.717) is 17.0 Å². The van der Waals surface area contributed by atoms with Gasteiger partial charge in [-0.25, -0.2) is 12.8 Å². The lowest BCUT2D eigenvalue weighted by molar-refractivity contribution is -0.116. The predicted molar refractivity (Wildman–Crippen MR) is 131 cm³/mol. The highest BCUT2D eigenvalue weighted by Gasteiger charge is 2.25. The number of hydrogen-bond acceptors (Lipinski definition) is 5. The minimum absolute atomic E-state index is 0.0760. The van der Waals surface area contributed by atoms with E-state index in [4.69, 9.17) is 4.74 Å². The number of fused-ring (bicyclic) bond motifs is 1. The first-order valence-electron chi connectivity index (χ1n) is 10.7. The number of amides is 1. The largest absolute Gasteiger partial charge is 0.497 e. The lowest BCUT2D eigenvalue weighted by Gasteiger charge is -2.15. The fourth-order valence-electron chi connectivity index (χ4n) is 3.75. The third kappa shape index (κ3) is 4.81. The summed E-state index contributed by atoms with van der Waals surface area (Å²) in [5.41, 5.74) is 2.11. The number of rotatable bonds is 6. The van der Waals surface area contributed by atoms with Crippen LogP contribution in [0.25, 0.3) is 10.9 Å². The molecule has 4 aromatic rings. The van der Waals surface area contributed by atoms with Crippen molar-refractivity contribution in [2.45, 2.75) is 30.2 Å². The average Bonchev–Trinajstić information content (AvgIpc) is 2.83. The van der Waals surface area contributed by atoms with E-state index < -0.39 is 31.9 Å². The minimum Gasteiger partial charge on any atom is -0.497 e. The number of halogens is 1. The van der Waals surface area contributed by atoms with E-state index in [2.05, 4.69) is 5.32 Å². The number of aromatic nitrogens is 1. The van der Waals surface area contributed by atoms with Gasteiger partial charge in [0.15, 0.2) is 0 Å². The molecule has 180 valence electrons. The second kappa shape index (κ2) is 9.34.